The van der Waals surface area contributed by atoms with Crippen LogP contribution < -0.4 is 10.6 Å². The minimum Gasteiger partial charge on any atom is -0.380 e. The van der Waals surface area contributed by atoms with E-state index in [4.69, 9.17) is 4.74 Å². The molecule has 1 aromatic heterocycles. The van der Waals surface area contributed by atoms with Crippen molar-refractivity contribution in [1.29, 1.82) is 0 Å². The van der Waals surface area contributed by atoms with Gasteiger partial charge in [-0.2, -0.15) is 18.2 Å². The molecule has 3 aromatic rings. The van der Waals surface area contributed by atoms with Crippen molar-refractivity contribution in [3.63, 3.8) is 0 Å². The molecule has 6 rings (SSSR count). The van der Waals surface area contributed by atoms with Crippen LogP contribution in [-0.2, 0) is 22.3 Å². The first kappa shape index (κ1) is 27.7. The van der Waals surface area contributed by atoms with Crippen LogP contribution in [0.3, 0.4) is 0 Å². The van der Waals surface area contributed by atoms with Crippen LogP contribution in [0.25, 0.3) is 22.0 Å². The minimum absolute atomic E-state index is 0.0683. The molecule has 1 atom stereocenters. The molecule has 2 aromatic carbocycles. The number of alkyl halides is 3. The van der Waals surface area contributed by atoms with E-state index in [2.05, 4.69) is 11.6 Å². The lowest BCUT2D eigenvalue weighted by molar-refractivity contribution is -0.137. The maximum absolute atomic E-state index is 15.1. The molecule has 0 aliphatic carbocycles. The van der Waals surface area contributed by atoms with Gasteiger partial charge in [0.2, 0.25) is 5.91 Å². The summed E-state index contributed by atoms with van der Waals surface area (Å²) >= 11 is 1.11. The van der Waals surface area contributed by atoms with Gasteiger partial charge in [-0.3, -0.25) is 9.36 Å². The van der Waals surface area contributed by atoms with Crippen molar-refractivity contribution in [2.75, 3.05) is 43.5 Å². The second kappa shape index (κ2) is 9.83. The smallest absolute Gasteiger partial charge is 0.380 e. The van der Waals surface area contributed by atoms with E-state index >= 15 is 4.39 Å². The van der Waals surface area contributed by atoms with Crippen LogP contribution in [0.5, 0.6) is 0 Å². The molecule has 1 unspecified atom stereocenters. The van der Waals surface area contributed by atoms with Crippen molar-refractivity contribution in [2.45, 2.75) is 30.6 Å². The standard InChI is InChI=1S/C28H25F5N4O3S/c1-3-21(38)35-6-7-36(15(2)10-35)25-18-9-19(28(31,32)33)22(17-5-4-16(29)8-20(17)30)24-23(18)37(26(39)34-25)11-27(14-41-24)12-40-13-27/h3-5,8-9,15H,1,6-7,10-14H2,2H3. The van der Waals surface area contributed by atoms with Gasteiger partial charge in [0.15, 0.2) is 0 Å². The third-order valence-corrected chi connectivity index (χ3v) is 9.37. The van der Waals surface area contributed by atoms with Gasteiger partial charge in [0, 0.05) is 70.9 Å². The van der Waals surface area contributed by atoms with Crippen LogP contribution in [0.4, 0.5) is 27.8 Å². The van der Waals surface area contributed by atoms with Crippen molar-refractivity contribution in [1.82, 2.24) is 14.5 Å². The zero-order valence-corrected chi connectivity index (χ0v) is 22.7. The van der Waals surface area contributed by atoms with Crippen LogP contribution >= 0.6 is 11.8 Å². The fourth-order valence-electron chi connectivity index (χ4n) is 5.86. The Morgan fingerprint density at radius 2 is 1.98 bits per heavy atom. The van der Waals surface area contributed by atoms with Crippen molar-refractivity contribution < 1.29 is 31.5 Å². The average Bonchev–Trinajstić information content (AvgIpc) is 3.09. The molecule has 0 bridgehead atoms. The largest absolute Gasteiger partial charge is 0.417 e. The van der Waals surface area contributed by atoms with E-state index in [0.29, 0.717) is 25.0 Å². The van der Waals surface area contributed by atoms with Gasteiger partial charge in [0.05, 0.1) is 24.3 Å². The number of aromatic nitrogens is 2. The number of hydrogen-bond acceptors (Lipinski definition) is 6. The summed E-state index contributed by atoms with van der Waals surface area (Å²) in [6.45, 7) is 6.83. The Bertz CT molecular complexity index is 1650. The predicted octanol–water partition coefficient (Wildman–Crippen LogP) is 4.71. The minimum atomic E-state index is -4.91. The Balaban J connectivity index is 1.65. The highest BCUT2D eigenvalue weighted by atomic mass is 32.2. The number of amides is 1. The summed E-state index contributed by atoms with van der Waals surface area (Å²) in [5.74, 6) is -1.94. The Hall–Kier alpha value is -3.45. The number of carbonyl (C=O) groups excluding carboxylic acids is 1. The molecule has 3 aliphatic heterocycles. The van der Waals surface area contributed by atoms with E-state index in [1.807, 2.05) is 0 Å². The summed E-state index contributed by atoms with van der Waals surface area (Å²) in [6.07, 6.45) is -3.72. The lowest BCUT2D eigenvalue weighted by Crippen LogP contribution is -2.54. The Morgan fingerprint density at radius 3 is 2.59 bits per heavy atom. The van der Waals surface area contributed by atoms with E-state index < -0.39 is 45.6 Å². The van der Waals surface area contributed by atoms with Gasteiger partial charge in [-0.15, -0.1) is 11.8 Å². The number of halogens is 5. The van der Waals surface area contributed by atoms with Gasteiger partial charge in [-0.25, -0.2) is 13.6 Å². The Labute approximate surface area is 235 Å². The molecule has 13 heteroatoms. The third kappa shape index (κ3) is 4.58. The number of anilines is 1. The zero-order valence-electron chi connectivity index (χ0n) is 21.9. The van der Waals surface area contributed by atoms with Crippen LogP contribution in [0.2, 0.25) is 0 Å². The summed E-state index contributed by atoms with van der Waals surface area (Å²) in [7, 11) is 0. The van der Waals surface area contributed by atoms with Crippen LogP contribution in [0.15, 0.2) is 46.6 Å². The highest BCUT2D eigenvalue weighted by Crippen LogP contribution is 2.51. The summed E-state index contributed by atoms with van der Waals surface area (Å²) in [5.41, 5.74) is -2.90. The van der Waals surface area contributed by atoms with Gasteiger partial charge >= 0.3 is 11.9 Å². The van der Waals surface area contributed by atoms with Gasteiger partial charge in [0.1, 0.15) is 17.5 Å². The maximum Gasteiger partial charge on any atom is 0.417 e. The second-order valence-electron chi connectivity index (χ2n) is 10.8. The molecule has 41 heavy (non-hydrogen) atoms. The summed E-state index contributed by atoms with van der Waals surface area (Å²) < 4.78 is 80.0. The monoisotopic (exact) mass is 592 g/mol. The molecular weight excluding hydrogens is 567 g/mol. The summed E-state index contributed by atoms with van der Waals surface area (Å²) in [6, 6.07) is 2.99. The first-order valence-corrected chi connectivity index (χ1v) is 13.9. The van der Waals surface area contributed by atoms with Crippen molar-refractivity contribution in [2.24, 2.45) is 5.41 Å². The number of benzene rings is 2. The maximum atomic E-state index is 15.1. The SMILES string of the molecule is C=CC(=O)N1CCN(c2nc(=O)n3c4c(c(-c5ccc(F)cc5F)c(C(F)(F)F)cc24)SCC2(COC2)C3)C(C)C1. The number of carbonyl (C=O) groups is 1. The lowest BCUT2D eigenvalue weighted by Gasteiger charge is -2.41. The van der Waals surface area contributed by atoms with Gasteiger partial charge < -0.3 is 14.5 Å². The fraction of sp³-hybridized carbons (Fsp3) is 0.393. The molecule has 7 nitrogen and oxygen atoms in total. The number of thioether (sulfide) groups is 1. The van der Waals surface area contributed by atoms with Crippen LogP contribution in [0.1, 0.15) is 12.5 Å². The Kier molecular flexibility index (Phi) is 6.64. The van der Waals surface area contributed by atoms with E-state index in [1.165, 1.54) is 10.6 Å². The fourth-order valence-corrected chi connectivity index (χ4v) is 7.29. The van der Waals surface area contributed by atoms with E-state index in [1.54, 1.807) is 16.7 Å². The molecule has 1 spiro atoms. The van der Waals surface area contributed by atoms with Gasteiger partial charge in [0.25, 0.3) is 0 Å². The lowest BCUT2D eigenvalue weighted by atomic mass is 9.88. The first-order chi connectivity index (χ1) is 19.4. The van der Waals surface area contributed by atoms with E-state index in [-0.39, 0.29) is 59.7 Å². The van der Waals surface area contributed by atoms with Crippen molar-refractivity contribution in [3.05, 3.63) is 64.6 Å². The molecule has 0 radical (unpaired) electrons. The van der Waals surface area contributed by atoms with Gasteiger partial charge in [-0.05, 0) is 31.2 Å². The molecule has 216 valence electrons. The number of rotatable bonds is 3. The number of piperazine rings is 1. The average molecular weight is 593 g/mol. The number of hydrogen-bond donors (Lipinski definition) is 0. The first-order valence-electron chi connectivity index (χ1n) is 13.0. The molecular formula is C28H25F5N4O3S. The highest BCUT2D eigenvalue weighted by Gasteiger charge is 2.45. The molecule has 3 aliphatic rings. The quantitative estimate of drug-likeness (QED) is 0.325. The van der Waals surface area contributed by atoms with Crippen LogP contribution in [0, 0.1) is 17.0 Å². The third-order valence-electron chi connectivity index (χ3n) is 7.92. The Morgan fingerprint density at radius 1 is 1.22 bits per heavy atom. The molecule has 4 heterocycles. The van der Waals surface area contributed by atoms with E-state index in [9.17, 15) is 27.2 Å². The molecule has 2 saturated heterocycles. The number of nitrogens with zero attached hydrogens (tertiary/aromatic N) is 4. The number of ether oxygens (including phenoxy) is 1. The normalized spacial score (nSPS) is 20.2. The zero-order chi connectivity index (χ0) is 29.3. The van der Waals surface area contributed by atoms with E-state index in [0.717, 1.165) is 30.0 Å². The summed E-state index contributed by atoms with van der Waals surface area (Å²) in [4.78, 5) is 33.5. The van der Waals surface area contributed by atoms with Crippen molar-refractivity contribution in [3.8, 4) is 11.1 Å². The second-order valence-corrected chi connectivity index (χ2v) is 11.7. The molecule has 0 N–H and O–H groups in total. The molecule has 0 saturated carbocycles. The summed E-state index contributed by atoms with van der Waals surface area (Å²) in [5, 5.41) is 0.0957. The molecule has 2 fully saturated rings. The predicted molar refractivity (Wildman–Crippen MR) is 144 cm³/mol. The molecule has 1 amide bonds. The highest BCUT2D eigenvalue weighted by molar-refractivity contribution is 7.99. The van der Waals surface area contributed by atoms with Crippen molar-refractivity contribution >= 4 is 34.4 Å². The topological polar surface area (TPSA) is 67.7 Å². The van der Waals surface area contributed by atoms with Gasteiger partial charge in [-0.1, -0.05) is 6.58 Å². The van der Waals surface area contributed by atoms with Crippen LogP contribution in [-0.4, -0.2) is 65.0 Å².